The molecule has 2 rings (SSSR count). The van der Waals surface area contributed by atoms with Gasteiger partial charge < -0.3 is 9.47 Å². The molecule has 0 atom stereocenters. The molecule has 0 radical (unpaired) electrons. The number of ether oxygens (including phenoxy) is 2. The van der Waals surface area contributed by atoms with E-state index in [9.17, 15) is 4.79 Å². The number of benzene rings is 2. The van der Waals surface area contributed by atoms with Crippen molar-refractivity contribution in [3.8, 4) is 0 Å². The predicted molar refractivity (Wildman–Crippen MR) is 109 cm³/mol. The summed E-state index contributed by atoms with van der Waals surface area (Å²) < 4.78 is 9.88. The zero-order valence-electron chi connectivity index (χ0n) is 15.9. The first kappa shape index (κ1) is 20.3. The summed E-state index contributed by atoms with van der Waals surface area (Å²) >= 11 is 0. The van der Waals surface area contributed by atoms with Crippen LogP contribution < -0.4 is 0 Å². The molecule has 0 aromatic heterocycles. The zero-order chi connectivity index (χ0) is 19.5. The normalized spacial score (nSPS) is 12.4. The summed E-state index contributed by atoms with van der Waals surface area (Å²) in [6, 6.07) is 17.6. The van der Waals surface area contributed by atoms with E-state index in [0.29, 0.717) is 6.61 Å². The van der Waals surface area contributed by atoms with Gasteiger partial charge in [0.15, 0.2) is 0 Å². The average Bonchev–Trinajstić information content (AvgIpc) is 2.71. The van der Waals surface area contributed by atoms with Gasteiger partial charge in [-0.25, -0.2) is 4.79 Å². The quantitative estimate of drug-likeness (QED) is 0.233. The third-order valence-corrected chi connectivity index (χ3v) is 3.82. The smallest absolute Gasteiger partial charge is 0.330 e. The van der Waals surface area contributed by atoms with Gasteiger partial charge in [0.1, 0.15) is 6.61 Å². The van der Waals surface area contributed by atoms with E-state index >= 15 is 0 Å². The van der Waals surface area contributed by atoms with Gasteiger partial charge in [-0.05, 0) is 31.1 Å². The third kappa shape index (κ3) is 6.64. The van der Waals surface area contributed by atoms with Gasteiger partial charge in [0.2, 0.25) is 0 Å². The zero-order valence-corrected chi connectivity index (χ0v) is 15.9. The number of carbonyl (C=O) groups excluding carboxylic acids is 1. The van der Waals surface area contributed by atoms with Gasteiger partial charge >= 0.3 is 5.97 Å². The number of rotatable bonds is 8. The van der Waals surface area contributed by atoms with E-state index in [-0.39, 0.29) is 6.61 Å². The van der Waals surface area contributed by atoms with E-state index in [0.717, 1.165) is 28.1 Å². The number of nitrogens with zero attached hydrogens (tertiary/aromatic N) is 2. The largest absolute Gasteiger partial charge is 0.460 e. The van der Waals surface area contributed by atoms with E-state index in [1.807, 2.05) is 68.4 Å². The van der Waals surface area contributed by atoms with Crippen LogP contribution in [0.3, 0.4) is 0 Å². The van der Waals surface area contributed by atoms with Gasteiger partial charge in [-0.3, -0.25) is 0 Å². The molecule has 0 heterocycles. The fourth-order valence-corrected chi connectivity index (χ4v) is 2.34. The maximum absolute atomic E-state index is 11.7. The number of carbonyl (C=O) groups is 1. The van der Waals surface area contributed by atoms with Gasteiger partial charge in [0.05, 0.1) is 18.0 Å². The maximum Gasteiger partial charge on any atom is 0.330 e. The topological polar surface area (TPSA) is 60.2 Å². The molecule has 0 bridgehead atoms. The molecule has 0 aliphatic heterocycles. The molecule has 2 aromatic carbocycles. The number of hydrogen-bond acceptors (Lipinski definition) is 5. The Hall–Kier alpha value is -3.05. The first-order chi connectivity index (χ1) is 13.1. The van der Waals surface area contributed by atoms with Crippen LogP contribution >= 0.6 is 0 Å². The van der Waals surface area contributed by atoms with Crippen LogP contribution in [0, 0.1) is 0 Å². The predicted octanol–water partition coefficient (Wildman–Crippen LogP) is 4.12. The SMILES string of the molecule is COCCOC(=O)/C=C/c1ccccc1/C(C)=N/N=C(\C)c1ccccc1. The lowest BCUT2D eigenvalue weighted by Crippen LogP contribution is -2.07. The van der Waals surface area contributed by atoms with Gasteiger partial charge in [0, 0.05) is 18.7 Å². The van der Waals surface area contributed by atoms with Crippen LogP contribution in [0.25, 0.3) is 6.08 Å². The van der Waals surface area contributed by atoms with Crippen LogP contribution in [0.2, 0.25) is 0 Å². The van der Waals surface area contributed by atoms with Crippen molar-refractivity contribution in [1.29, 1.82) is 0 Å². The lowest BCUT2D eigenvalue weighted by atomic mass is 10.0. The summed E-state index contributed by atoms with van der Waals surface area (Å²) in [7, 11) is 1.56. The van der Waals surface area contributed by atoms with Crippen molar-refractivity contribution >= 4 is 23.5 Å². The molecule has 0 saturated carbocycles. The molecule has 5 heteroatoms. The van der Waals surface area contributed by atoms with E-state index in [1.54, 1.807) is 13.2 Å². The minimum absolute atomic E-state index is 0.231. The van der Waals surface area contributed by atoms with Crippen molar-refractivity contribution in [2.75, 3.05) is 20.3 Å². The van der Waals surface area contributed by atoms with Crippen molar-refractivity contribution in [2.45, 2.75) is 13.8 Å². The molecular formula is C22H24N2O3. The molecule has 0 spiro atoms. The Kier molecular flexibility index (Phi) is 8.13. The molecule has 140 valence electrons. The molecule has 5 nitrogen and oxygen atoms in total. The minimum Gasteiger partial charge on any atom is -0.460 e. The second-order valence-electron chi connectivity index (χ2n) is 5.82. The Morgan fingerprint density at radius 3 is 2.33 bits per heavy atom. The van der Waals surface area contributed by atoms with Crippen molar-refractivity contribution in [3.63, 3.8) is 0 Å². The standard InChI is InChI=1S/C22H24N2O3/c1-17(19-9-5-4-6-10-19)23-24-18(2)21-12-8-7-11-20(21)13-14-22(25)27-16-15-26-3/h4-14H,15-16H2,1-3H3/b14-13+,23-17+,24-18+. The molecule has 0 unspecified atom stereocenters. The lowest BCUT2D eigenvalue weighted by molar-refractivity contribution is -0.138. The first-order valence-corrected chi connectivity index (χ1v) is 8.69. The first-order valence-electron chi connectivity index (χ1n) is 8.69. The molecule has 0 N–H and O–H groups in total. The highest BCUT2D eigenvalue weighted by Gasteiger charge is 2.04. The van der Waals surface area contributed by atoms with E-state index in [1.165, 1.54) is 6.08 Å². The van der Waals surface area contributed by atoms with Crippen LogP contribution in [0.15, 0.2) is 70.9 Å². The Balaban J connectivity index is 2.15. The van der Waals surface area contributed by atoms with Gasteiger partial charge in [0.25, 0.3) is 0 Å². The Labute approximate surface area is 160 Å². The molecule has 0 fully saturated rings. The second-order valence-corrected chi connectivity index (χ2v) is 5.82. The number of methoxy groups -OCH3 is 1. The molecule has 2 aromatic rings. The summed E-state index contributed by atoms with van der Waals surface area (Å²) in [6.07, 6.45) is 3.12. The van der Waals surface area contributed by atoms with Crippen molar-refractivity contribution in [2.24, 2.45) is 10.2 Å². The molecule has 0 saturated heterocycles. The number of esters is 1. The van der Waals surface area contributed by atoms with Crippen LogP contribution in [-0.4, -0.2) is 37.7 Å². The fraction of sp³-hybridized carbons (Fsp3) is 0.227. The minimum atomic E-state index is -0.408. The lowest BCUT2D eigenvalue weighted by Gasteiger charge is -2.05. The van der Waals surface area contributed by atoms with Gasteiger partial charge in [-0.1, -0.05) is 54.6 Å². The van der Waals surface area contributed by atoms with E-state index < -0.39 is 5.97 Å². The Morgan fingerprint density at radius 2 is 1.59 bits per heavy atom. The van der Waals surface area contributed by atoms with E-state index in [4.69, 9.17) is 9.47 Å². The fourth-order valence-electron chi connectivity index (χ4n) is 2.34. The second kappa shape index (κ2) is 10.8. The summed E-state index contributed by atoms with van der Waals surface area (Å²) in [5.41, 5.74) is 4.40. The number of hydrogen-bond donors (Lipinski definition) is 0. The summed E-state index contributed by atoms with van der Waals surface area (Å²) in [6.45, 7) is 4.43. The molecule has 0 amide bonds. The monoisotopic (exact) mass is 364 g/mol. The highest BCUT2D eigenvalue weighted by atomic mass is 16.6. The third-order valence-electron chi connectivity index (χ3n) is 3.82. The average molecular weight is 364 g/mol. The van der Waals surface area contributed by atoms with Crippen LogP contribution in [0.4, 0.5) is 0 Å². The van der Waals surface area contributed by atoms with E-state index in [2.05, 4.69) is 10.2 Å². The highest BCUT2D eigenvalue weighted by Crippen LogP contribution is 2.13. The van der Waals surface area contributed by atoms with Crippen molar-refractivity contribution < 1.29 is 14.3 Å². The van der Waals surface area contributed by atoms with Crippen molar-refractivity contribution in [3.05, 3.63) is 77.4 Å². The van der Waals surface area contributed by atoms with Crippen LogP contribution in [0.5, 0.6) is 0 Å². The van der Waals surface area contributed by atoms with Crippen LogP contribution in [-0.2, 0) is 14.3 Å². The molecule has 0 aliphatic rings. The highest BCUT2D eigenvalue weighted by molar-refractivity contribution is 6.04. The van der Waals surface area contributed by atoms with Gasteiger partial charge in [-0.15, -0.1) is 0 Å². The Bertz CT molecular complexity index is 840. The summed E-state index contributed by atoms with van der Waals surface area (Å²) in [4.78, 5) is 11.7. The molecule has 0 aliphatic carbocycles. The Morgan fingerprint density at radius 1 is 0.926 bits per heavy atom. The maximum atomic E-state index is 11.7. The molecule has 27 heavy (non-hydrogen) atoms. The van der Waals surface area contributed by atoms with Gasteiger partial charge in [-0.2, -0.15) is 10.2 Å². The van der Waals surface area contributed by atoms with Crippen molar-refractivity contribution in [1.82, 2.24) is 0 Å². The summed E-state index contributed by atoms with van der Waals surface area (Å²) in [5, 5.41) is 8.69. The summed E-state index contributed by atoms with van der Waals surface area (Å²) in [5.74, 6) is -0.408. The van der Waals surface area contributed by atoms with Crippen LogP contribution in [0.1, 0.15) is 30.5 Å². The molecular weight excluding hydrogens is 340 g/mol.